The molecule has 0 saturated carbocycles. The zero-order chi connectivity index (χ0) is 17.8. The van der Waals surface area contributed by atoms with Crippen molar-refractivity contribution in [2.75, 3.05) is 19.6 Å². The molecule has 2 N–H and O–H groups in total. The van der Waals surface area contributed by atoms with Gasteiger partial charge < -0.3 is 5.73 Å². The number of nitrogens with two attached hydrogens (primary N) is 1. The highest BCUT2D eigenvalue weighted by atomic mass is 15.1. The Bertz CT molecular complexity index is 661. The molecular formula is C23H32N2. The zero-order valence-corrected chi connectivity index (χ0v) is 16.0. The number of hydrogen-bond acceptors (Lipinski definition) is 2. The Labute approximate surface area is 153 Å². The second-order valence-corrected chi connectivity index (χ2v) is 7.86. The van der Waals surface area contributed by atoms with Crippen molar-refractivity contribution in [3.8, 4) is 0 Å². The van der Waals surface area contributed by atoms with Gasteiger partial charge in [-0.1, -0.05) is 59.2 Å². The van der Waals surface area contributed by atoms with E-state index in [1.165, 1.54) is 53.7 Å². The topological polar surface area (TPSA) is 29.3 Å². The standard InChI is InChI=1S/C23H32N2/c1-17-4-6-20(7-5-17)16-25-10-8-21(9-11-25)23(15-24)22-13-18(2)12-19(3)14-22/h4-7,12-14,21,23H,8-11,15-16,24H2,1-3H3. The molecule has 1 aliphatic heterocycles. The van der Waals surface area contributed by atoms with E-state index in [-0.39, 0.29) is 0 Å². The predicted octanol–water partition coefficient (Wildman–Crippen LogP) is 4.57. The van der Waals surface area contributed by atoms with Crippen LogP contribution in [0.4, 0.5) is 0 Å². The molecule has 25 heavy (non-hydrogen) atoms. The van der Waals surface area contributed by atoms with Crippen molar-refractivity contribution in [1.82, 2.24) is 4.90 Å². The van der Waals surface area contributed by atoms with E-state index in [1.807, 2.05) is 0 Å². The summed E-state index contributed by atoms with van der Waals surface area (Å²) in [5, 5.41) is 0. The molecule has 2 heteroatoms. The molecule has 1 atom stereocenters. The number of benzene rings is 2. The van der Waals surface area contributed by atoms with E-state index in [2.05, 4.69) is 68.1 Å². The first-order chi connectivity index (χ1) is 12.0. The summed E-state index contributed by atoms with van der Waals surface area (Å²) in [6.45, 7) is 10.7. The highest BCUT2D eigenvalue weighted by Gasteiger charge is 2.27. The maximum Gasteiger partial charge on any atom is 0.0233 e. The molecule has 0 bridgehead atoms. The van der Waals surface area contributed by atoms with E-state index in [0.29, 0.717) is 11.8 Å². The van der Waals surface area contributed by atoms with Crippen LogP contribution in [-0.2, 0) is 6.54 Å². The Morgan fingerprint density at radius 1 is 0.920 bits per heavy atom. The van der Waals surface area contributed by atoms with Gasteiger partial charge in [0.15, 0.2) is 0 Å². The molecular weight excluding hydrogens is 304 g/mol. The average molecular weight is 337 g/mol. The van der Waals surface area contributed by atoms with Crippen LogP contribution in [0.15, 0.2) is 42.5 Å². The summed E-state index contributed by atoms with van der Waals surface area (Å²) in [6, 6.07) is 15.9. The van der Waals surface area contributed by atoms with Gasteiger partial charge in [0.2, 0.25) is 0 Å². The number of likely N-dealkylation sites (tertiary alicyclic amines) is 1. The summed E-state index contributed by atoms with van der Waals surface area (Å²) in [6.07, 6.45) is 2.50. The number of piperidine rings is 1. The Morgan fingerprint density at radius 3 is 2.08 bits per heavy atom. The van der Waals surface area contributed by atoms with E-state index in [0.717, 1.165) is 13.1 Å². The molecule has 2 aromatic carbocycles. The fourth-order valence-corrected chi connectivity index (χ4v) is 4.29. The molecule has 0 radical (unpaired) electrons. The minimum atomic E-state index is 0.500. The second kappa shape index (κ2) is 8.16. The van der Waals surface area contributed by atoms with Crippen LogP contribution in [0.1, 0.15) is 46.6 Å². The Hall–Kier alpha value is -1.64. The van der Waals surface area contributed by atoms with Crippen molar-refractivity contribution in [3.63, 3.8) is 0 Å². The number of hydrogen-bond donors (Lipinski definition) is 1. The number of rotatable bonds is 5. The van der Waals surface area contributed by atoms with Gasteiger partial charge >= 0.3 is 0 Å². The molecule has 2 nitrogen and oxygen atoms in total. The van der Waals surface area contributed by atoms with Crippen LogP contribution >= 0.6 is 0 Å². The molecule has 0 aromatic heterocycles. The third-order valence-electron chi connectivity index (χ3n) is 5.65. The van der Waals surface area contributed by atoms with Crippen LogP contribution in [0.2, 0.25) is 0 Å². The van der Waals surface area contributed by atoms with E-state index in [4.69, 9.17) is 5.73 Å². The Morgan fingerprint density at radius 2 is 1.52 bits per heavy atom. The van der Waals surface area contributed by atoms with Gasteiger partial charge in [0.1, 0.15) is 0 Å². The highest BCUT2D eigenvalue weighted by Crippen LogP contribution is 2.33. The van der Waals surface area contributed by atoms with Crippen LogP contribution in [0.5, 0.6) is 0 Å². The van der Waals surface area contributed by atoms with Gasteiger partial charge in [-0.05, 0) is 76.2 Å². The first-order valence-electron chi connectivity index (χ1n) is 9.61. The Kier molecular flexibility index (Phi) is 5.93. The van der Waals surface area contributed by atoms with Crippen molar-refractivity contribution in [1.29, 1.82) is 0 Å². The largest absolute Gasteiger partial charge is 0.330 e. The van der Waals surface area contributed by atoms with Crippen LogP contribution in [0.25, 0.3) is 0 Å². The summed E-state index contributed by atoms with van der Waals surface area (Å²) < 4.78 is 0. The highest BCUT2D eigenvalue weighted by molar-refractivity contribution is 5.31. The van der Waals surface area contributed by atoms with Crippen LogP contribution in [0.3, 0.4) is 0 Å². The lowest BCUT2D eigenvalue weighted by Gasteiger charge is -2.36. The third-order valence-corrected chi connectivity index (χ3v) is 5.65. The van der Waals surface area contributed by atoms with E-state index < -0.39 is 0 Å². The quantitative estimate of drug-likeness (QED) is 0.867. The van der Waals surface area contributed by atoms with Crippen molar-refractivity contribution in [2.45, 2.75) is 46.1 Å². The minimum Gasteiger partial charge on any atom is -0.330 e. The molecule has 134 valence electrons. The molecule has 1 fully saturated rings. The molecule has 1 saturated heterocycles. The fourth-order valence-electron chi connectivity index (χ4n) is 4.29. The van der Waals surface area contributed by atoms with Gasteiger partial charge in [-0.2, -0.15) is 0 Å². The average Bonchev–Trinajstić information content (AvgIpc) is 2.58. The molecule has 2 aromatic rings. The fraction of sp³-hybridized carbons (Fsp3) is 0.478. The van der Waals surface area contributed by atoms with Gasteiger partial charge in [0, 0.05) is 6.54 Å². The summed E-state index contributed by atoms with van der Waals surface area (Å²) in [7, 11) is 0. The van der Waals surface area contributed by atoms with Crippen LogP contribution < -0.4 is 5.73 Å². The molecule has 0 aliphatic carbocycles. The SMILES string of the molecule is Cc1ccc(CN2CCC(C(CN)c3cc(C)cc(C)c3)CC2)cc1. The maximum absolute atomic E-state index is 6.19. The molecule has 1 unspecified atom stereocenters. The number of aryl methyl sites for hydroxylation is 3. The second-order valence-electron chi connectivity index (χ2n) is 7.86. The van der Waals surface area contributed by atoms with Crippen molar-refractivity contribution >= 4 is 0 Å². The lowest BCUT2D eigenvalue weighted by molar-refractivity contribution is 0.162. The minimum absolute atomic E-state index is 0.500. The van der Waals surface area contributed by atoms with Gasteiger partial charge in [-0.3, -0.25) is 4.90 Å². The first kappa shape index (κ1) is 18.2. The predicted molar refractivity (Wildman–Crippen MR) is 107 cm³/mol. The molecule has 1 heterocycles. The van der Waals surface area contributed by atoms with Crippen LogP contribution in [-0.4, -0.2) is 24.5 Å². The van der Waals surface area contributed by atoms with E-state index >= 15 is 0 Å². The van der Waals surface area contributed by atoms with Gasteiger partial charge in [0.25, 0.3) is 0 Å². The zero-order valence-electron chi connectivity index (χ0n) is 16.0. The normalized spacial score (nSPS) is 17.6. The van der Waals surface area contributed by atoms with Crippen molar-refractivity contribution in [2.24, 2.45) is 11.7 Å². The van der Waals surface area contributed by atoms with Gasteiger partial charge in [-0.15, -0.1) is 0 Å². The lowest BCUT2D eigenvalue weighted by atomic mass is 9.79. The summed E-state index contributed by atoms with van der Waals surface area (Å²) in [5.74, 6) is 1.21. The molecule has 0 spiro atoms. The van der Waals surface area contributed by atoms with Gasteiger partial charge in [-0.25, -0.2) is 0 Å². The summed E-state index contributed by atoms with van der Waals surface area (Å²) >= 11 is 0. The Balaban J connectivity index is 1.61. The summed E-state index contributed by atoms with van der Waals surface area (Å²) in [4.78, 5) is 2.59. The third kappa shape index (κ3) is 4.71. The summed E-state index contributed by atoms with van der Waals surface area (Å²) in [5.41, 5.74) is 13.1. The number of nitrogens with zero attached hydrogens (tertiary/aromatic N) is 1. The lowest BCUT2D eigenvalue weighted by Crippen LogP contribution is -2.36. The monoisotopic (exact) mass is 336 g/mol. The van der Waals surface area contributed by atoms with Crippen LogP contribution in [0, 0.1) is 26.7 Å². The van der Waals surface area contributed by atoms with E-state index in [9.17, 15) is 0 Å². The molecule has 1 aliphatic rings. The van der Waals surface area contributed by atoms with E-state index in [1.54, 1.807) is 0 Å². The molecule has 0 amide bonds. The van der Waals surface area contributed by atoms with Crippen molar-refractivity contribution in [3.05, 3.63) is 70.3 Å². The first-order valence-corrected chi connectivity index (χ1v) is 9.61. The maximum atomic E-state index is 6.19. The van der Waals surface area contributed by atoms with Crippen molar-refractivity contribution < 1.29 is 0 Å². The smallest absolute Gasteiger partial charge is 0.0233 e. The van der Waals surface area contributed by atoms with Gasteiger partial charge in [0.05, 0.1) is 0 Å². The molecule has 3 rings (SSSR count).